The fraction of sp³-hybridized carbons (Fsp3) is 0.391. The largest absolute Gasteiger partial charge is 0.496 e. The molecule has 1 atom stereocenters. The number of nitrogens with zero attached hydrogens (tertiary/aromatic N) is 2. The second kappa shape index (κ2) is 8.73. The minimum Gasteiger partial charge on any atom is -0.496 e. The Hall–Kier alpha value is -2.09. The molecule has 2 aromatic rings. The van der Waals surface area contributed by atoms with E-state index in [1.807, 2.05) is 6.07 Å². The first-order chi connectivity index (χ1) is 13.8. The minimum absolute atomic E-state index is 0.152. The van der Waals surface area contributed by atoms with Gasteiger partial charge in [-0.3, -0.25) is 4.79 Å². The van der Waals surface area contributed by atoms with Crippen molar-refractivity contribution in [3.63, 3.8) is 0 Å². The molecule has 0 saturated heterocycles. The van der Waals surface area contributed by atoms with Gasteiger partial charge >= 0.3 is 0 Å². The van der Waals surface area contributed by atoms with Crippen LogP contribution in [0.2, 0.25) is 0 Å². The van der Waals surface area contributed by atoms with Gasteiger partial charge in [0.25, 0.3) is 5.91 Å². The van der Waals surface area contributed by atoms with Gasteiger partial charge in [0.15, 0.2) is 0 Å². The number of ether oxygens (including phenoxy) is 1. The maximum Gasteiger partial charge on any atom is 0.271 e. The van der Waals surface area contributed by atoms with Crippen LogP contribution in [0, 0.1) is 3.57 Å². The summed E-state index contributed by atoms with van der Waals surface area (Å²) in [5.41, 5.74) is 6.88. The molecule has 5 nitrogen and oxygen atoms in total. The van der Waals surface area contributed by atoms with Crippen LogP contribution in [-0.4, -0.2) is 31.3 Å². The number of fused-ring (bicyclic) bond motifs is 1. The zero-order valence-electron chi connectivity index (χ0n) is 17.6. The number of nitrogens with one attached hydrogen (secondary N) is 1. The quantitative estimate of drug-likeness (QED) is 0.347. The van der Waals surface area contributed by atoms with Gasteiger partial charge in [-0.05, 0) is 97.2 Å². The second-order valence-electron chi connectivity index (χ2n) is 8.03. The molecule has 0 fully saturated rings. The normalized spacial score (nSPS) is 17.9. The Morgan fingerprint density at radius 1 is 1.34 bits per heavy atom. The van der Waals surface area contributed by atoms with Gasteiger partial charge in [-0.15, -0.1) is 0 Å². The molecule has 3 rings (SSSR count). The van der Waals surface area contributed by atoms with E-state index in [0.717, 1.165) is 22.1 Å². The number of carbonyl (C=O) groups excluding carboxylic acids is 1. The average Bonchev–Trinajstić information content (AvgIpc) is 2.68. The Bertz CT molecular complexity index is 940. The van der Waals surface area contributed by atoms with Crippen molar-refractivity contribution in [2.75, 3.05) is 18.6 Å². The Morgan fingerprint density at radius 3 is 2.79 bits per heavy atom. The van der Waals surface area contributed by atoms with E-state index in [1.54, 1.807) is 25.5 Å². The van der Waals surface area contributed by atoms with Crippen LogP contribution in [0.15, 0.2) is 41.5 Å². The highest BCUT2D eigenvalue weighted by atomic mass is 127. The number of hydrogen-bond donors (Lipinski definition) is 1. The lowest BCUT2D eigenvalue weighted by Gasteiger charge is -2.47. The van der Waals surface area contributed by atoms with Gasteiger partial charge in [0, 0.05) is 23.3 Å². The monoisotopic (exact) mass is 505 g/mol. The molecule has 0 aromatic heterocycles. The molecule has 154 valence electrons. The molecule has 0 radical (unpaired) electrons. The van der Waals surface area contributed by atoms with Crippen LogP contribution in [0.1, 0.15) is 61.5 Å². The van der Waals surface area contributed by atoms with Crippen LogP contribution in [0.4, 0.5) is 5.69 Å². The number of benzene rings is 2. The molecular formula is C23H28IN3O2. The smallest absolute Gasteiger partial charge is 0.271 e. The summed E-state index contributed by atoms with van der Waals surface area (Å²) >= 11 is 2.17. The van der Waals surface area contributed by atoms with Crippen molar-refractivity contribution in [3.05, 3.63) is 56.7 Å². The van der Waals surface area contributed by atoms with E-state index in [0.29, 0.717) is 17.2 Å². The molecule has 6 heteroatoms. The number of halogens is 1. The van der Waals surface area contributed by atoms with Gasteiger partial charge in [0.05, 0.1) is 16.9 Å². The minimum atomic E-state index is -0.263. The topological polar surface area (TPSA) is 53.9 Å². The summed E-state index contributed by atoms with van der Waals surface area (Å²) in [4.78, 5) is 14.8. The van der Waals surface area contributed by atoms with Gasteiger partial charge in [-0.2, -0.15) is 5.10 Å². The predicted molar refractivity (Wildman–Crippen MR) is 127 cm³/mol. The molecule has 0 aliphatic carbocycles. The molecular weight excluding hydrogens is 477 g/mol. The molecule has 0 bridgehead atoms. The first-order valence-electron chi connectivity index (χ1n) is 9.85. The van der Waals surface area contributed by atoms with Crippen molar-refractivity contribution in [1.82, 2.24) is 5.43 Å². The SMILES string of the molecule is CCN1c2ccc(/C=N/NC(=O)c3ccc(I)c(OC)c3)cc2C(C)CC1(C)C. The molecule has 1 amide bonds. The van der Waals surface area contributed by atoms with Crippen LogP contribution < -0.4 is 15.1 Å². The van der Waals surface area contributed by atoms with Crippen molar-refractivity contribution in [2.24, 2.45) is 5.10 Å². The van der Waals surface area contributed by atoms with Gasteiger partial charge in [0.1, 0.15) is 5.75 Å². The summed E-state index contributed by atoms with van der Waals surface area (Å²) in [6.07, 6.45) is 2.81. The maximum atomic E-state index is 12.4. The number of hydrogen-bond acceptors (Lipinski definition) is 4. The van der Waals surface area contributed by atoms with E-state index in [9.17, 15) is 4.79 Å². The zero-order valence-corrected chi connectivity index (χ0v) is 19.8. The highest BCUT2D eigenvalue weighted by molar-refractivity contribution is 14.1. The van der Waals surface area contributed by atoms with E-state index in [1.165, 1.54) is 11.3 Å². The fourth-order valence-electron chi connectivity index (χ4n) is 4.22. The average molecular weight is 505 g/mol. The molecule has 0 spiro atoms. The van der Waals surface area contributed by atoms with Gasteiger partial charge in [-0.1, -0.05) is 13.0 Å². The summed E-state index contributed by atoms with van der Waals surface area (Å²) in [5, 5.41) is 4.16. The first-order valence-corrected chi connectivity index (χ1v) is 10.9. The molecule has 0 saturated carbocycles. The number of hydrazone groups is 1. The predicted octanol–water partition coefficient (Wildman–Crippen LogP) is 5.18. The lowest BCUT2D eigenvalue weighted by atomic mass is 9.79. The van der Waals surface area contributed by atoms with Crippen molar-refractivity contribution in [3.8, 4) is 5.75 Å². The molecule has 2 aromatic carbocycles. The number of amides is 1. The van der Waals surface area contributed by atoms with Gasteiger partial charge < -0.3 is 9.64 Å². The Morgan fingerprint density at radius 2 is 2.10 bits per heavy atom. The van der Waals surface area contributed by atoms with Crippen LogP contribution in [0.5, 0.6) is 5.75 Å². The lowest BCUT2D eigenvalue weighted by Crippen LogP contribution is -2.48. The number of rotatable bonds is 5. The van der Waals surface area contributed by atoms with Crippen LogP contribution in [0.3, 0.4) is 0 Å². The molecule has 1 unspecified atom stereocenters. The van der Waals surface area contributed by atoms with E-state index < -0.39 is 0 Å². The maximum absolute atomic E-state index is 12.4. The van der Waals surface area contributed by atoms with Crippen molar-refractivity contribution < 1.29 is 9.53 Å². The van der Waals surface area contributed by atoms with E-state index in [4.69, 9.17) is 4.74 Å². The molecule has 29 heavy (non-hydrogen) atoms. The lowest BCUT2D eigenvalue weighted by molar-refractivity contribution is 0.0954. The Balaban J connectivity index is 1.75. The zero-order chi connectivity index (χ0) is 21.2. The summed E-state index contributed by atoms with van der Waals surface area (Å²) in [5.74, 6) is 0.889. The van der Waals surface area contributed by atoms with E-state index in [-0.39, 0.29) is 11.4 Å². The summed E-state index contributed by atoms with van der Waals surface area (Å²) in [7, 11) is 1.59. The number of carbonyl (C=O) groups is 1. The molecule has 1 heterocycles. The summed E-state index contributed by atoms with van der Waals surface area (Å²) in [6.45, 7) is 10.1. The van der Waals surface area contributed by atoms with Gasteiger partial charge in [-0.25, -0.2) is 5.43 Å². The van der Waals surface area contributed by atoms with E-state index >= 15 is 0 Å². The van der Waals surface area contributed by atoms with Crippen LogP contribution >= 0.6 is 22.6 Å². The second-order valence-corrected chi connectivity index (χ2v) is 9.19. The molecule has 1 aliphatic rings. The Labute approximate surface area is 186 Å². The summed E-state index contributed by atoms with van der Waals surface area (Å²) < 4.78 is 6.23. The first kappa shape index (κ1) is 21.6. The standard InChI is InChI=1S/C23H28IN3O2/c1-6-27-20-10-7-16(11-18(20)15(2)13-23(27,3)4)14-25-26-22(28)17-8-9-19(24)21(12-17)29-5/h7-12,14-15H,6,13H2,1-5H3,(H,26,28)/b25-14+. The third kappa shape index (κ3) is 4.57. The van der Waals surface area contributed by atoms with Crippen molar-refractivity contribution in [2.45, 2.75) is 45.6 Å². The molecule has 1 N–H and O–H groups in total. The van der Waals surface area contributed by atoms with Crippen molar-refractivity contribution in [1.29, 1.82) is 0 Å². The Kier molecular flexibility index (Phi) is 6.51. The third-order valence-corrected chi connectivity index (χ3v) is 6.41. The highest BCUT2D eigenvalue weighted by Crippen LogP contribution is 2.43. The fourth-order valence-corrected chi connectivity index (χ4v) is 4.77. The molecule has 1 aliphatic heterocycles. The number of anilines is 1. The highest BCUT2D eigenvalue weighted by Gasteiger charge is 2.35. The van der Waals surface area contributed by atoms with E-state index in [2.05, 4.69) is 83.9 Å². The number of methoxy groups -OCH3 is 1. The van der Waals surface area contributed by atoms with Crippen molar-refractivity contribution >= 4 is 40.4 Å². The van der Waals surface area contributed by atoms with Crippen LogP contribution in [-0.2, 0) is 0 Å². The van der Waals surface area contributed by atoms with Crippen LogP contribution in [0.25, 0.3) is 0 Å². The van der Waals surface area contributed by atoms with Gasteiger partial charge in [0.2, 0.25) is 0 Å². The summed E-state index contributed by atoms with van der Waals surface area (Å²) in [6, 6.07) is 11.7. The third-order valence-electron chi connectivity index (χ3n) is 5.52.